The zero-order valence-electron chi connectivity index (χ0n) is 32.5. The summed E-state index contributed by atoms with van der Waals surface area (Å²) in [6, 6.07) is 76.2. The van der Waals surface area contributed by atoms with E-state index in [-0.39, 0.29) is 0 Å². The van der Waals surface area contributed by atoms with Gasteiger partial charge in [-0.3, -0.25) is 0 Å². The molecule has 2 aliphatic rings. The summed E-state index contributed by atoms with van der Waals surface area (Å²) in [7, 11) is 0. The smallest absolute Gasteiger partial charge is 0.164 e. The number of nitrogens with zero attached hydrogens (tertiary/aromatic N) is 3. The van der Waals surface area contributed by atoms with E-state index in [4.69, 9.17) is 15.0 Å². The van der Waals surface area contributed by atoms with Gasteiger partial charge in [-0.1, -0.05) is 200 Å². The Labute approximate surface area is 353 Å². The Balaban J connectivity index is 1.12. The van der Waals surface area contributed by atoms with Crippen molar-refractivity contribution in [3.05, 3.63) is 234 Å². The average Bonchev–Trinajstić information content (AvgIpc) is 3.96. The van der Waals surface area contributed by atoms with Crippen molar-refractivity contribution in [2.24, 2.45) is 0 Å². The molecule has 0 amide bonds. The molecule has 2 heterocycles. The molecule has 60 heavy (non-hydrogen) atoms. The van der Waals surface area contributed by atoms with Crippen LogP contribution in [0.3, 0.4) is 0 Å². The molecule has 2 aromatic heterocycles. The largest absolute Gasteiger partial charge is 0.208 e. The van der Waals surface area contributed by atoms with E-state index in [1.54, 1.807) is 0 Å². The van der Waals surface area contributed by atoms with Gasteiger partial charge in [0.15, 0.2) is 17.5 Å². The zero-order valence-corrected chi connectivity index (χ0v) is 33.3. The molecule has 0 saturated heterocycles. The second-order valence-corrected chi connectivity index (χ2v) is 16.5. The van der Waals surface area contributed by atoms with Gasteiger partial charge in [0.1, 0.15) is 0 Å². The highest BCUT2D eigenvalue weighted by Crippen LogP contribution is 2.68. The Morgan fingerprint density at radius 2 is 0.767 bits per heavy atom. The third-order valence-corrected chi connectivity index (χ3v) is 13.5. The van der Waals surface area contributed by atoms with Crippen molar-refractivity contribution in [2.75, 3.05) is 0 Å². The van der Waals surface area contributed by atoms with E-state index in [9.17, 15) is 0 Å². The molecule has 280 valence electrons. The first-order chi connectivity index (χ1) is 29.8. The van der Waals surface area contributed by atoms with Crippen molar-refractivity contribution < 1.29 is 0 Å². The highest BCUT2D eigenvalue weighted by molar-refractivity contribution is 7.17. The van der Waals surface area contributed by atoms with Crippen molar-refractivity contribution in [2.45, 2.75) is 5.41 Å². The lowest BCUT2D eigenvalue weighted by atomic mass is 9.73. The second kappa shape index (κ2) is 13.8. The van der Waals surface area contributed by atoms with Gasteiger partial charge >= 0.3 is 0 Å². The van der Waals surface area contributed by atoms with Gasteiger partial charge in [-0.2, -0.15) is 0 Å². The minimum atomic E-state index is -0.490. The number of fused-ring (bicyclic) bond motifs is 10. The molecule has 0 fully saturated rings. The van der Waals surface area contributed by atoms with Gasteiger partial charge in [-0.15, -0.1) is 11.3 Å². The van der Waals surface area contributed by atoms with Crippen LogP contribution in [0.4, 0.5) is 0 Å². The lowest BCUT2D eigenvalue weighted by Crippen LogP contribution is -2.25. The van der Waals surface area contributed by atoms with Crippen LogP contribution in [0.15, 0.2) is 212 Å². The molecular weight excluding hydrogens is 747 g/mol. The Morgan fingerprint density at radius 1 is 0.300 bits per heavy atom. The van der Waals surface area contributed by atoms with Gasteiger partial charge in [0.2, 0.25) is 0 Å². The molecule has 2 aliphatic carbocycles. The summed E-state index contributed by atoms with van der Waals surface area (Å²) in [5, 5.41) is 0. The summed E-state index contributed by atoms with van der Waals surface area (Å²) in [5.41, 5.74) is 17.6. The molecule has 1 spiro atoms. The number of hydrogen-bond donors (Lipinski definition) is 0. The number of hydrogen-bond acceptors (Lipinski definition) is 4. The van der Waals surface area contributed by atoms with Crippen LogP contribution in [-0.2, 0) is 5.41 Å². The highest BCUT2D eigenvalue weighted by atomic mass is 32.1. The zero-order chi connectivity index (χ0) is 39.6. The molecule has 10 aromatic rings. The molecule has 0 atom stereocenters. The Kier molecular flexibility index (Phi) is 7.94. The van der Waals surface area contributed by atoms with Gasteiger partial charge in [0.25, 0.3) is 0 Å². The second-order valence-electron chi connectivity index (χ2n) is 15.5. The van der Waals surface area contributed by atoms with Crippen LogP contribution < -0.4 is 0 Å². The predicted octanol–water partition coefficient (Wildman–Crippen LogP) is 14.3. The normalized spacial score (nSPS) is 12.8. The lowest BCUT2D eigenvalue weighted by Gasteiger charge is -2.29. The summed E-state index contributed by atoms with van der Waals surface area (Å²) < 4.78 is 0. The monoisotopic (exact) mass is 781 g/mol. The summed E-state index contributed by atoms with van der Waals surface area (Å²) in [5.74, 6) is 1.94. The first-order valence-electron chi connectivity index (χ1n) is 20.4. The molecule has 0 bridgehead atoms. The van der Waals surface area contributed by atoms with Crippen molar-refractivity contribution >= 4 is 11.3 Å². The van der Waals surface area contributed by atoms with Crippen molar-refractivity contribution in [3.63, 3.8) is 0 Å². The van der Waals surface area contributed by atoms with Crippen LogP contribution in [-0.4, -0.2) is 15.0 Å². The van der Waals surface area contributed by atoms with Crippen LogP contribution >= 0.6 is 11.3 Å². The summed E-state index contributed by atoms with van der Waals surface area (Å²) in [6.45, 7) is 0. The first kappa shape index (κ1) is 34.5. The summed E-state index contributed by atoms with van der Waals surface area (Å²) in [4.78, 5) is 17.8. The van der Waals surface area contributed by atoms with Gasteiger partial charge < -0.3 is 0 Å². The van der Waals surface area contributed by atoms with Crippen molar-refractivity contribution in [1.82, 2.24) is 15.0 Å². The molecule has 8 aromatic carbocycles. The van der Waals surface area contributed by atoms with E-state index in [0.29, 0.717) is 17.5 Å². The molecule has 0 aliphatic heterocycles. The number of aromatic nitrogens is 3. The molecule has 0 unspecified atom stereocenters. The van der Waals surface area contributed by atoms with Gasteiger partial charge in [0, 0.05) is 37.6 Å². The maximum absolute atomic E-state index is 5.12. The maximum atomic E-state index is 5.12. The lowest BCUT2D eigenvalue weighted by molar-refractivity contribution is 0.812. The summed E-state index contributed by atoms with van der Waals surface area (Å²) >= 11 is 1.93. The highest BCUT2D eigenvalue weighted by Gasteiger charge is 2.54. The number of rotatable bonds is 6. The van der Waals surface area contributed by atoms with E-state index < -0.39 is 5.41 Å². The first-order valence-corrected chi connectivity index (χ1v) is 21.2. The SMILES string of the molecule is c1ccc(-c2ccc3c(c2)C2(c4ccccc4-c4ccccc42)c2sc(-c4cccc(-c5nc(-c6ccccc6)nc(-c6ccccc6)n5)c4)c(-c4ccccc4)c2-3)cc1. The van der Waals surface area contributed by atoms with Gasteiger partial charge in [-0.25, -0.2) is 15.0 Å². The van der Waals surface area contributed by atoms with E-state index >= 15 is 0 Å². The minimum absolute atomic E-state index is 0.490. The third kappa shape index (κ3) is 5.24. The fourth-order valence-electron chi connectivity index (χ4n) is 9.55. The number of thiophene rings is 1. The molecule has 4 heteroatoms. The fraction of sp³-hybridized carbons (Fsp3) is 0.0179. The van der Waals surface area contributed by atoms with Crippen LogP contribution in [0.25, 0.3) is 89.1 Å². The Morgan fingerprint density at radius 3 is 1.35 bits per heavy atom. The van der Waals surface area contributed by atoms with Crippen LogP contribution in [0.1, 0.15) is 21.6 Å². The maximum Gasteiger partial charge on any atom is 0.164 e. The molecule has 0 saturated carbocycles. The average molecular weight is 782 g/mol. The quantitative estimate of drug-likeness (QED) is 0.169. The molecule has 12 rings (SSSR count). The summed E-state index contributed by atoms with van der Waals surface area (Å²) in [6.07, 6.45) is 0. The van der Waals surface area contributed by atoms with Crippen LogP contribution in [0.5, 0.6) is 0 Å². The Bertz CT molecular complexity index is 3140. The molecule has 0 N–H and O–H groups in total. The molecule has 3 nitrogen and oxygen atoms in total. The minimum Gasteiger partial charge on any atom is -0.208 e. The third-order valence-electron chi connectivity index (χ3n) is 12.1. The molecular formula is C56H35N3S. The number of benzene rings is 8. The van der Waals surface area contributed by atoms with Crippen molar-refractivity contribution in [3.8, 4) is 89.1 Å². The predicted molar refractivity (Wildman–Crippen MR) is 247 cm³/mol. The standard InChI is InChI=1S/C56H35N3S/c1-5-18-36(19-6-1)40-32-33-45-48(35-40)56(46-30-15-13-28-43(46)44-29-14-16-31-47(44)56)52-50(45)49(37-20-7-2-8-21-37)51(60-52)41-26-17-27-42(34-41)55-58-53(38-22-9-3-10-23-38)57-54(59-55)39-24-11-4-12-25-39/h1-35H. The van der Waals surface area contributed by atoms with E-state index in [1.165, 1.54) is 71.0 Å². The Hall–Kier alpha value is -7.53. The fourth-order valence-corrected chi connectivity index (χ4v) is 11.1. The van der Waals surface area contributed by atoms with E-state index in [0.717, 1.165) is 22.3 Å². The van der Waals surface area contributed by atoms with E-state index in [2.05, 4.69) is 176 Å². The van der Waals surface area contributed by atoms with Crippen LogP contribution in [0, 0.1) is 0 Å². The van der Waals surface area contributed by atoms with Crippen LogP contribution in [0.2, 0.25) is 0 Å². The van der Waals surface area contributed by atoms with E-state index in [1.807, 2.05) is 47.7 Å². The molecule has 0 radical (unpaired) electrons. The topological polar surface area (TPSA) is 38.7 Å². The van der Waals surface area contributed by atoms with Gasteiger partial charge in [-0.05, 0) is 67.8 Å². The van der Waals surface area contributed by atoms with Crippen molar-refractivity contribution in [1.29, 1.82) is 0 Å². The van der Waals surface area contributed by atoms with Gasteiger partial charge in [0.05, 0.1) is 5.41 Å².